The molecule has 1 saturated heterocycles. The minimum Gasteiger partial charge on any atom is -0.394 e. The van der Waals surface area contributed by atoms with E-state index in [-0.39, 0.29) is 10.7 Å². The molecule has 5 heteroatoms. The fourth-order valence-electron chi connectivity index (χ4n) is 1.68. The number of aliphatic hydroxyl groups excluding tert-OH is 2. The summed E-state index contributed by atoms with van der Waals surface area (Å²) in [6.45, 7) is 1.76. The molecule has 0 bridgehead atoms. The van der Waals surface area contributed by atoms with Crippen LogP contribution in [0.5, 0.6) is 0 Å². The van der Waals surface area contributed by atoms with Crippen LogP contribution in [0.2, 0.25) is 0 Å². The summed E-state index contributed by atoms with van der Waals surface area (Å²) < 4.78 is 11.6. The van der Waals surface area contributed by atoms with Crippen molar-refractivity contribution in [2.75, 3.05) is 18.1 Å². The van der Waals surface area contributed by atoms with Crippen LogP contribution in [0.1, 0.15) is 26.2 Å². The van der Waals surface area contributed by atoms with E-state index >= 15 is 0 Å². The first-order valence-corrected chi connectivity index (χ1v) is 7.26. The first-order chi connectivity index (χ1) is 6.64. The van der Waals surface area contributed by atoms with Crippen LogP contribution in [-0.4, -0.2) is 42.7 Å². The van der Waals surface area contributed by atoms with E-state index in [1.54, 1.807) is 11.8 Å². The van der Waals surface area contributed by atoms with Crippen LogP contribution < -0.4 is 0 Å². The summed E-state index contributed by atoms with van der Waals surface area (Å²) in [5, 5.41) is 18.2. The second-order valence-corrected chi connectivity index (χ2v) is 7.17. The summed E-state index contributed by atoms with van der Waals surface area (Å²) in [4.78, 5) is 0. The lowest BCUT2D eigenvalue weighted by molar-refractivity contribution is 0.0851. The van der Waals surface area contributed by atoms with Gasteiger partial charge in [-0.2, -0.15) is 0 Å². The lowest BCUT2D eigenvalue weighted by Gasteiger charge is -2.36. The summed E-state index contributed by atoms with van der Waals surface area (Å²) in [6, 6.07) is 0. The highest BCUT2D eigenvalue weighted by Crippen LogP contribution is 2.41. The minimum atomic E-state index is -0.867. The molecule has 0 spiro atoms. The Hall–Kier alpha value is 0.420. The molecule has 1 unspecified atom stereocenters. The fraction of sp³-hybridized carbons (Fsp3) is 1.00. The Morgan fingerprint density at radius 2 is 2.36 bits per heavy atom. The zero-order valence-electron chi connectivity index (χ0n) is 8.44. The Bertz CT molecular complexity index is 210. The fourth-order valence-corrected chi connectivity index (χ4v) is 5.55. The Morgan fingerprint density at radius 3 is 2.86 bits per heavy atom. The first-order valence-electron chi connectivity index (χ1n) is 4.96. The van der Waals surface area contributed by atoms with Gasteiger partial charge in [-0.3, -0.25) is 4.21 Å². The van der Waals surface area contributed by atoms with E-state index < -0.39 is 16.9 Å². The van der Waals surface area contributed by atoms with Gasteiger partial charge in [-0.1, -0.05) is 6.92 Å². The molecule has 0 radical (unpaired) electrons. The van der Waals surface area contributed by atoms with Crippen molar-refractivity contribution < 1.29 is 14.4 Å². The van der Waals surface area contributed by atoms with E-state index in [9.17, 15) is 9.32 Å². The van der Waals surface area contributed by atoms with Crippen LogP contribution in [0.3, 0.4) is 0 Å². The summed E-state index contributed by atoms with van der Waals surface area (Å²) >= 11 is 1.69. The van der Waals surface area contributed by atoms with Crippen molar-refractivity contribution in [1.29, 1.82) is 0 Å². The van der Waals surface area contributed by atoms with Crippen molar-refractivity contribution in [3.05, 3.63) is 0 Å². The van der Waals surface area contributed by atoms with Gasteiger partial charge in [-0.15, -0.1) is 11.8 Å². The van der Waals surface area contributed by atoms with Crippen molar-refractivity contribution in [2.45, 2.75) is 36.4 Å². The molecular weight excluding hydrogens is 220 g/mol. The topological polar surface area (TPSA) is 57.5 Å². The van der Waals surface area contributed by atoms with Gasteiger partial charge in [0.05, 0.1) is 16.8 Å². The van der Waals surface area contributed by atoms with Gasteiger partial charge in [-0.05, 0) is 18.6 Å². The van der Waals surface area contributed by atoms with E-state index in [0.29, 0.717) is 6.42 Å². The number of thioether (sulfide) groups is 1. The molecule has 1 aliphatic heterocycles. The van der Waals surface area contributed by atoms with E-state index in [4.69, 9.17) is 5.11 Å². The maximum absolute atomic E-state index is 11.9. The molecule has 14 heavy (non-hydrogen) atoms. The summed E-state index contributed by atoms with van der Waals surface area (Å²) in [5.74, 6) is 1.75. The van der Waals surface area contributed by atoms with Gasteiger partial charge >= 0.3 is 0 Å². The molecule has 3 nitrogen and oxygen atoms in total. The average molecular weight is 238 g/mol. The van der Waals surface area contributed by atoms with Gasteiger partial charge in [0.1, 0.15) is 0 Å². The molecule has 0 aromatic rings. The second kappa shape index (κ2) is 5.49. The normalized spacial score (nSPS) is 35.5. The second-order valence-electron chi connectivity index (χ2n) is 3.56. The smallest absolute Gasteiger partial charge is 0.0931 e. The molecule has 1 rings (SSSR count). The average Bonchev–Trinajstić information content (AvgIpc) is 2.21. The highest BCUT2D eigenvalue weighted by atomic mass is 32.2. The predicted octanol–water partition coefficient (Wildman–Crippen LogP) is 0.722. The quantitative estimate of drug-likeness (QED) is 0.758. The van der Waals surface area contributed by atoms with Crippen LogP contribution in [-0.2, 0) is 10.8 Å². The van der Waals surface area contributed by atoms with Crippen LogP contribution in [0.25, 0.3) is 0 Å². The maximum atomic E-state index is 11.9. The molecule has 2 N–H and O–H groups in total. The molecule has 0 saturated carbocycles. The summed E-state index contributed by atoms with van der Waals surface area (Å²) in [6.07, 6.45) is 1.50. The van der Waals surface area contributed by atoms with Gasteiger partial charge in [0.15, 0.2) is 0 Å². The number of hydrogen-bond acceptors (Lipinski definition) is 4. The van der Waals surface area contributed by atoms with E-state index in [0.717, 1.165) is 24.3 Å². The van der Waals surface area contributed by atoms with Gasteiger partial charge in [0.2, 0.25) is 0 Å². The lowest BCUT2D eigenvalue weighted by Crippen LogP contribution is -2.39. The predicted molar refractivity (Wildman–Crippen MR) is 60.8 cm³/mol. The Kier molecular flexibility index (Phi) is 4.90. The highest BCUT2D eigenvalue weighted by Gasteiger charge is 2.39. The van der Waals surface area contributed by atoms with Gasteiger partial charge in [0.25, 0.3) is 0 Å². The third kappa shape index (κ3) is 2.72. The van der Waals surface area contributed by atoms with Crippen molar-refractivity contribution in [3.8, 4) is 0 Å². The number of hydrogen-bond donors (Lipinski definition) is 2. The Labute approximate surface area is 91.7 Å². The van der Waals surface area contributed by atoms with Crippen LogP contribution in [0.4, 0.5) is 0 Å². The zero-order valence-corrected chi connectivity index (χ0v) is 10.1. The molecule has 0 aliphatic carbocycles. The SMILES string of the molecule is CC[C@@]1(C[C@@H](O)CO)SCCCS1=O. The van der Waals surface area contributed by atoms with Crippen LogP contribution >= 0.6 is 11.8 Å². The Balaban J connectivity index is 2.67. The molecule has 1 aliphatic rings. The minimum absolute atomic E-state index is 0.237. The largest absolute Gasteiger partial charge is 0.394 e. The highest BCUT2D eigenvalue weighted by molar-refractivity contribution is 8.13. The van der Waals surface area contributed by atoms with Gasteiger partial charge in [0, 0.05) is 23.0 Å². The molecule has 0 aromatic carbocycles. The third-order valence-corrected chi connectivity index (χ3v) is 6.88. The maximum Gasteiger partial charge on any atom is 0.0931 e. The van der Waals surface area contributed by atoms with E-state index in [2.05, 4.69) is 0 Å². The van der Waals surface area contributed by atoms with Gasteiger partial charge in [-0.25, -0.2) is 0 Å². The van der Waals surface area contributed by atoms with E-state index in [1.807, 2.05) is 6.92 Å². The zero-order chi connectivity index (χ0) is 10.6. The van der Waals surface area contributed by atoms with Crippen molar-refractivity contribution in [3.63, 3.8) is 0 Å². The Morgan fingerprint density at radius 1 is 1.64 bits per heavy atom. The standard InChI is InChI=1S/C9H18O3S2/c1-2-9(6-8(11)7-10)13-4-3-5-14(9)12/h8,10-11H,2-7H2,1H3/t8-,9-,14?/m1/s1. The number of rotatable bonds is 4. The van der Waals surface area contributed by atoms with Crippen molar-refractivity contribution in [2.24, 2.45) is 0 Å². The van der Waals surface area contributed by atoms with Crippen LogP contribution in [0.15, 0.2) is 0 Å². The summed E-state index contributed by atoms with van der Waals surface area (Å²) in [5.41, 5.74) is 0. The first kappa shape index (κ1) is 12.5. The summed E-state index contributed by atoms with van der Waals surface area (Å²) in [7, 11) is -0.867. The monoisotopic (exact) mass is 238 g/mol. The van der Waals surface area contributed by atoms with Crippen molar-refractivity contribution >= 4 is 22.6 Å². The van der Waals surface area contributed by atoms with E-state index in [1.165, 1.54) is 0 Å². The molecule has 1 fully saturated rings. The lowest BCUT2D eigenvalue weighted by atomic mass is 10.1. The third-order valence-electron chi connectivity index (χ3n) is 2.55. The van der Waals surface area contributed by atoms with Gasteiger partial charge < -0.3 is 10.2 Å². The molecule has 0 amide bonds. The molecule has 0 aromatic heterocycles. The van der Waals surface area contributed by atoms with Crippen LogP contribution in [0, 0.1) is 0 Å². The molecule has 3 atom stereocenters. The molecular formula is C9H18O3S2. The number of aliphatic hydroxyl groups is 2. The molecule has 84 valence electrons. The molecule has 1 heterocycles. The van der Waals surface area contributed by atoms with Crippen molar-refractivity contribution in [1.82, 2.24) is 0 Å².